The van der Waals surface area contributed by atoms with Crippen LogP contribution in [-0.4, -0.2) is 64.7 Å². The highest BCUT2D eigenvalue weighted by Gasteiger charge is 2.49. The molecule has 4 rings (SSSR count). The van der Waals surface area contributed by atoms with Gasteiger partial charge in [-0.3, -0.25) is 14.4 Å². The van der Waals surface area contributed by atoms with Crippen molar-refractivity contribution in [1.82, 2.24) is 10.6 Å². The molecule has 44 heavy (non-hydrogen) atoms. The standard InChI is InChI=1S/C32H35F2N3O6S/c1-19(2)28(32(41)42)36-16-15-35-27(39)17-43-25-13-5-21(6-14-25)29-30(31(40)37(29)24-11-9-23(34)10-12-24)44-18-26(38)20-3-7-22(33)8-4-20/h3-14,19,26,28-30,36,38H,15-18H2,1-2H3,(H,35,39)(H,41,42)/t26?,28-,29-,30-/m1/s1. The summed E-state index contributed by atoms with van der Waals surface area (Å²) < 4.78 is 32.5. The molecule has 0 saturated carbocycles. The number of rotatable bonds is 15. The number of carboxylic acids is 1. The fourth-order valence-electron chi connectivity index (χ4n) is 4.81. The third-order valence-corrected chi connectivity index (χ3v) is 8.50. The highest BCUT2D eigenvalue weighted by atomic mass is 32.2. The fourth-order valence-corrected chi connectivity index (χ4v) is 6.11. The number of β-lactam (4-membered cyclic amide) rings is 1. The predicted octanol–water partition coefficient (Wildman–Crippen LogP) is 4.08. The van der Waals surface area contributed by atoms with E-state index in [1.54, 1.807) is 43.0 Å². The Morgan fingerprint density at radius 3 is 2.16 bits per heavy atom. The van der Waals surface area contributed by atoms with Gasteiger partial charge >= 0.3 is 5.97 Å². The van der Waals surface area contributed by atoms with Crippen LogP contribution in [0.25, 0.3) is 0 Å². The Kier molecular flexibility index (Phi) is 11.3. The molecule has 1 aliphatic rings. The van der Waals surface area contributed by atoms with Crippen LogP contribution in [0.1, 0.15) is 37.1 Å². The van der Waals surface area contributed by atoms with Crippen molar-refractivity contribution in [2.45, 2.75) is 37.3 Å². The Labute approximate surface area is 258 Å². The van der Waals surface area contributed by atoms with Crippen molar-refractivity contribution in [3.05, 3.63) is 95.6 Å². The van der Waals surface area contributed by atoms with E-state index in [9.17, 15) is 33.4 Å². The first kappa shape index (κ1) is 32.9. The number of ether oxygens (including phenoxy) is 1. The highest BCUT2D eigenvalue weighted by molar-refractivity contribution is 8.00. The molecule has 1 saturated heterocycles. The number of carbonyl (C=O) groups excluding carboxylic acids is 2. The van der Waals surface area contributed by atoms with E-state index in [1.807, 2.05) is 0 Å². The third-order valence-electron chi connectivity index (χ3n) is 7.17. The number of halogens is 2. The number of carbonyl (C=O) groups is 3. The van der Waals surface area contributed by atoms with Crippen LogP contribution in [0.3, 0.4) is 0 Å². The molecule has 0 spiro atoms. The molecule has 4 N–H and O–H groups in total. The van der Waals surface area contributed by atoms with Crippen LogP contribution in [0.2, 0.25) is 0 Å². The third kappa shape index (κ3) is 8.34. The van der Waals surface area contributed by atoms with Crippen LogP contribution in [-0.2, 0) is 14.4 Å². The zero-order valence-corrected chi connectivity index (χ0v) is 25.1. The Morgan fingerprint density at radius 2 is 1.57 bits per heavy atom. The molecule has 234 valence electrons. The summed E-state index contributed by atoms with van der Waals surface area (Å²) in [7, 11) is 0. The number of amides is 2. The van der Waals surface area contributed by atoms with Gasteiger partial charge in [0, 0.05) is 24.5 Å². The minimum Gasteiger partial charge on any atom is -0.484 e. The van der Waals surface area contributed by atoms with Crippen LogP contribution in [0.5, 0.6) is 5.75 Å². The number of aliphatic hydroxyl groups is 1. The molecule has 3 aromatic carbocycles. The summed E-state index contributed by atoms with van der Waals surface area (Å²) >= 11 is 1.28. The van der Waals surface area contributed by atoms with Gasteiger partial charge in [-0.2, -0.15) is 0 Å². The molecule has 0 radical (unpaired) electrons. The van der Waals surface area contributed by atoms with Gasteiger partial charge in [-0.05, 0) is 65.6 Å². The van der Waals surface area contributed by atoms with Crippen LogP contribution in [0.15, 0.2) is 72.8 Å². The Hall–Kier alpha value is -4.00. The average Bonchev–Trinajstić information content (AvgIpc) is 2.99. The monoisotopic (exact) mass is 627 g/mol. The second-order valence-electron chi connectivity index (χ2n) is 10.7. The number of aliphatic hydroxyl groups excluding tert-OH is 1. The van der Waals surface area contributed by atoms with Crippen molar-refractivity contribution >= 4 is 35.2 Å². The lowest BCUT2D eigenvalue weighted by molar-refractivity contribution is -0.140. The summed E-state index contributed by atoms with van der Waals surface area (Å²) in [5.74, 6) is -1.79. The van der Waals surface area contributed by atoms with Crippen LogP contribution in [0.4, 0.5) is 14.5 Å². The molecule has 4 atom stereocenters. The van der Waals surface area contributed by atoms with E-state index in [0.717, 1.165) is 5.56 Å². The van der Waals surface area contributed by atoms with Gasteiger partial charge in [0.25, 0.3) is 5.91 Å². The molecule has 1 fully saturated rings. The molecule has 3 aromatic rings. The first-order valence-electron chi connectivity index (χ1n) is 14.1. The molecule has 0 aromatic heterocycles. The summed E-state index contributed by atoms with van der Waals surface area (Å²) in [6, 6.07) is 17.0. The van der Waals surface area contributed by atoms with Gasteiger partial charge in [-0.15, -0.1) is 11.8 Å². The van der Waals surface area contributed by atoms with Crippen molar-refractivity contribution in [2.24, 2.45) is 5.92 Å². The van der Waals surface area contributed by atoms with E-state index in [4.69, 9.17) is 4.74 Å². The van der Waals surface area contributed by atoms with E-state index < -0.39 is 41.0 Å². The lowest BCUT2D eigenvalue weighted by atomic mass is 9.92. The lowest BCUT2D eigenvalue weighted by Gasteiger charge is -2.47. The average molecular weight is 628 g/mol. The number of anilines is 1. The summed E-state index contributed by atoms with van der Waals surface area (Å²) in [5, 5.41) is 24.9. The van der Waals surface area contributed by atoms with Gasteiger partial charge in [0.05, 0.1) is 12.1 Å². The van der Waals surface area contributed by atoms with Crippen molar-refractivity contribution in [3.63, 3.8) is 0 Å². The summed E-state index contributed by atoms with van der Waals surface area (Å²) in [6.45, 7) is 3.88. The maximum absolute atomic E-state index is 13.6. The normalized spacial score (nSPS) is 17.6. The molecule has 1 aliphatic heterocycles. The second-order valence-corrected chi connectivity index (χ2v) is 11.8. The first-order valence-corrected chi connectivity index (χ1v) is 15.2. The number of benzene rings is 3. The van der Waals surface area contributed by atoms with E-state index in [0.29, 0.717) is 23.5 Å². The molecule has 9 nitrogen and oxygen atoms in total. The molecular weight excluding hydrogens is 592 g/mol. The molecule has 2 amide bonds. The maximum atomic E-state index is 13.6. The van der Waals surface area contributed by atoms with Crippen molar-refractivity contribution in [1.29, 1.82) is 0 Å². The van der Waals surface area contributed by atoms with Gasteiger partial charge in [0.2, 0.25) is 5.91 Å². The smallest absolute Gasteiger partial charge is 0.320 e. The quantitative estimate of drug-likeness (QED) is 0.147. The first-order chi connectivity index (χ1) is 21.0. The van der Waals surface area contributed by atoms with E-state index in [1.165, 1.54) is 60.3 Å². The minimum absolute atomic E-state index is 0.0998. The lowest BCUT2D eigenvalue weighted by Crippen LogP contribution is -2.57. The maximum Gasteiger partial charge on any atom is 0.320 e. The number of thioether (sulfide) groups is 1. The van der Waals surface area contributed by atoms with E-state index in [-0.39, 0.29) is 36.6 Å². The number of hydrogen-bond acceptors (Lipinski definition) is 7. The number of carboxylic acid groups (broad SMARTS) is 1. The molecule has 12 heteroatoms. The molecule has 1 heterocycles. The predicted molar refractivity (Wildman–Crippen MR) is 163 cm³/mol. The number of nitrogens with one attached hydrogen (secondary N) is 2. The molecular formula is C32H35F2N3O6S. The molecule has 0 aliphatic carbocycles. The van der Waals surface area contributed by atoms with E-state index >= 15 is 0 Å². The summed E-state index contributed by atoms with van der Waals surface area (Å²) in [4.78, 5) is 38.3. The zero-order chi connectivity index (χ0) is 31.8. The number of nitrogens with zero attached hydrogens (tertiary/aromatic N) is 1. The highest BCUT2D eigenvalue weighted by Crippen LogP contribution is 2.46. The van der Waals surface area contributed by atoms with Gasteiger partial charge in [-0.25, -0.2) is 8.78 Å². The summed E-state index contributed by atoms with van der Waals surface area (Å²) in [6.07, 6.45) is -0.902. The Morgan fingerprint density at radius 1 is 0.955 bits per heavy atom. The van der Waals surface area contributed by atoms with Crippen LogP contribution in [0, 0.1) is 17.6 Å². The van der Waals surface area contributed by atoms with Crippen molar-refractivity contribution < 1.29 is 38.1 Å². The number of aliphatic carboxylic acids is 1. The second kappa shape index (κ2) is 15.1. The van der Waals surface area contributed by atoms with Crippen molar-refractivity contribution in [2.75, 3.05) is 30.3 Å². The fraction of sp³-hybridized carbons (Fsp3) is 0.344. The SMILES string of the molecule is CC(C)[C@@H](NCCNC(=O)COc1ccc([C@@H]2[C@@H](SCC(O)c3ccc(F)cc3)C(=O)N2c2ccc(F)cc2)cc1)C(=O)O. The Bertz CT molecular complexity index is 1420. The van der Waals surface area contributed by atoms with Crippen LogP contribution >= 0.6 is 11.8 Å². The van der Waals surface area contributed by atoms with Gasteiger partial charge < -0.3 is 30.5 Å². The zero-order valence-electron chi connectivity index (χ0n) is 24.3. The van der Waals surface area contributed by atoms with Gasteiger partial charge in [0.15, 0.2) is 6.61 Å². The number of hydrogen-bond donors (Lipinski definition) is 4. The molecule has 0 bridgehead atoms. The van der Waals surface area contributed by atoms with Gasteiger partial charge in [-0.1, -0.05) is 38.1 Å². The largest absolute Gasteiger partial charge is 0.484 e. The van der Waals surface area contributed by atoms with Gasteiger partial charge in [0.1, 0.15) is 28.7 Å². The minimum atomic E-state index is -0.947. The Balaban J connectivity index is 1.36. The topological polar surface area (TPSA) is 128 Å². The van der Waals surface area contributed by atoms with Crippen LogP contribution < -0.4 is 20.3 Å². The van der Waals surface area contributed by atoms with Crippen molar-refractivity contribution in [3.8, 4) is 5.75 Å². The van der Waals surface area contributed by atoms with E-state index in [2.05, 4.69) is 10.6 Å². The molecule has 1 unspecified atom stereocenters. The summed E-state index contributed by atoms with van der Waals surface area (Å²) in [5.41, 5.74) is 1.86.